The van der Waals surface area contributed by atoms with Crippen molar-refractivity contribution in [3.63, 3.8) is 0 Å². The minimum Gasteiger partial charge on any atom is -0.378 e. The van der Waals surface area contributed by atoms with Gasteiger partial charge in [-0.05, 0) is 73.5 Å². The van der Waals surface area contributed by atoms with E-state index in [2.05, 4.69) is 10.2 Å². The third-order valence-electron chi connectivity index (χ3n) is 5.64. The summed E-state index contributed by atoms with van der Waals surface area (Å²) in [6, 6.07) is 21.2. The van der Waals surface area contributed by atoms with E-state index in [1.165, 1.54) is 16.4 Å². The molecule has 1 saturated heterocycles. The van der Waals surface area contributed by atoms with E-state index in [9.17, 15) is 13.2 Å². The number of anilines is 3. The van der Waals surface area contributed by atoms with Crippen molar-refractivity contribution in [1.29, 1.82) is 0 Å². The number of nitrogens with zero attached hydrogens (tertiary/aromatic N) is 2. The molecule has 1 N–H and O–H groups in total. The molecule has 0 bridgehead atoms. The molecule has 1 aliphatic heterocycles. The maximum atomic E-state index is 13.5. The minimum absolute atomic E-state index is 0.136. The molecule has 0 saturated carbocycles. The van der Waals surface area contributed by atoms with Crippen LogP contribution in [0.5, 0.6) is 0 Å². The molecule has 0 aromatic heterocycles. The first-order chi connectivity index (χ1) is 16.3. The van der Waals surface area contributed by atoms with E-state index in [0.717, 1.165) is 29.9 Å². The third-order valence-corrected chi connectivity index (χ3v) is 7.43. The molecular weight excluding hydrogens is 450 g/mol. The molecule has 0 aliphatic carbocycles. The van der Waals surface area contributed by atoms with Gasteiger partial charge in [-0.25, -0.2) is 8.42 Å². The number of ether oxygens (including phenoxy) is 1. The van der Waals surface area contributed by atoms with Crippen LogP contribution >= 0.6 is 0 Å². The van der Waals surface area contributed by atoms with Gasteiger partial charge in [0.05, 0.1) is 23.8 Å². The molecule has 0 unspecified atom stereocenters. The monoisotopic (exact) mass is 479 g/mol. The Morgan fingerprint density at radius 1 is 0.941 bits per heavy atom. The average molecular weight is 480 g/mol. The van der Waals surface area contributed by atoms with Crippen molar-refractivity contribution in [3.05, 3.63) is 83.9 Å². The first-order valence-corrected chi connectivity index (χ1v) is 12.7. The van der Waals surface area contributed by atoms with Crippen LogP contribution in [0.25, 0.3) is 0 Å². The fraction of sp³-hybridized carbons (Fsp3) is 0.269. The molecule has 0 radical (unpaired) electrons. The molecule has 34 heavy (non-hydrogen) atoms. The van der Waals surface area contributed by atoms with E-state index >= 15 is 0 Å². The quantitative estimate of drug-likeness (QED) is 0.555. The maximum Gasteiger partial charge on any atom is 0.264 e. The van der Waals surface area contributed by atoms with Crippen molar-refractivity contribution in [2.75, 3.05) is 47.4 Å². The number of hydrogen-bond acceptors (Lipinski definition) is 5. The van der Waals surface area contributed by atoms with Crippen LogP contribution in [0, 0.1) is 13.8 Å². The van der Waals surface area contributed by atoms with Gasteiger partial charge in [-0.2, -0.15) is 0 Å². The molecule has 1 fully saturated rings. The lowest BCUT2D eigenvalue weighted by molar-refractivity contribution is -0.114. The second-order valence-corrected chi connectivity index (χ2v) is 10.2. The Balaban J connectivity index is 1.56. The molecule has 1 aliphatic rings. The maximum absolute atomic E-state index is 13.5. The van der Waals surface area contributed by atoms with Gasteiger partial charge >= 0.3 is 0 Å². The van der Waals surface area contributed by atoms with Crippen LogP contribution in [0.3, 0.4) is 0 Å². The van der Waals surface area contributed by atoms with Crippen LogP contribution in [0.1, 0.15) is 11.1 Å². The summed E-state index contributed by atoms with van der Waals surface area (Å²) in [5, 5.41) is 2.84. The Morgan fingerprint density at radius 3 is 2.18 bits per heavy atom. The van der Waals surface area contributed by atoms with Crippen molar-refractivity contribution >= 4 is 33.0 Å². The summed E-state index contributed by atoms with van der Waals surface area (Å²) in [5.74, 6) is -0.419. The van der Waals surface area contributed by atoms with Crippen LogP contribution in [0.2, 0.25) is 0 Å². The zero-order chi connectivity index (χ0) is 24.1. The summed E-state index contributed by atoms with van der Waals surface area (Å²) < 4.78 is 33.5. The highest BCUT2D eigenvalue weighted by Crippen LogP contribution is 2.26. The smallest absolute Gasteiger partial charge is 0.264 e. The Hall–Kier alpha value is -3.36. The SMILES string of the molecule is Cc1cc(C)cc(N(CC(=O)Nc2ccc(N3CCOCC3)cc2)S(=O)(=O)c2ccccc2)c1. The predicted octanol–water partition coefficient (Wildman–Crippen LogP) is 3.97. The summed E-state index contributed by atoms with van der Waals surface area (Å²) in [6.45, 7) is 6.51. The summed E-state index contributed by atoms with van der Waals surface area (Å²) in [7, 11) is -3.94. The first kappa shape index (κ1) is 23.8. The van der Waals surface area contributed by atoms with Crippen LogP contribution in [0.4, 0.5) is 17.1 Å². The number of carbonyl (C=O) groups is 1. The van der Waals surface area contributed by atoms with Crippen LogP contribution in [-0.4, -0.2) is 47.2 Å². The van der Waals surface area contributed by atoms with E-state index in [1.807, 2.05) is 44.2 Å². The van der Waals surface area contributed by atoms with Gasteiger partial charge in [0.1, 0.15) is 6.54 Å². The van der Waals surface area contributed by atoms with E-state index < -0.39 is 15.9 Å². The summed E-state index contributed by atoms with van der Waals surface area (Å²) in [4.78, 5) is 15.3. The molecule has 0 spiro atoms. The molecule has 4 rings (SSSR count). The lowest BCUT2D eigenvalue weighted by atomic mass is 10.1. The fourth-order valence-electron chi connectivity index (χ4n) is 4.04. The molecular formula is C26H29N3O4S. The Kier molecular flexibility index (Phi) is 7.19. The highest BCUT2D eigenvalue weighted by Gasteiger charge is 2.27. The Labute approximate surface area is 201 Å². The zero-order valence-electron chi connectivity index (χ0n) is 19.4. The molecule has 3 aromatic rings. The second-order valence-electron chi connectivity index (χ2n) is 8.37. The first-order valence-electron chi connectivity index (χ1n) is 11.2. The van der Waals surface area contributed by atoms with Gasteiger partial charge in [0.25, 0.3) is 10.0 Å². The molecule has 178 valence electrons. The third kappa shape index (κ3) is 5.58. The number of sulfonamides is 1. The van der Waals surface area contributed by atoms with Crippen molar-refractivity contribution in [2.24, 2.45) is 0 Å². The lowest BCUT2D eigenvalue weighted by Crippen LogP contribution is -2.38. The van der Waals surface area contributed by atoms with Crippen molar-refractivity contribution in [1.82, 2.24) is 0 Å². The molecule has 1 amide bonds. The van der Waals surface area contributed by atoms with Gasteiger partial charge in [-0.3, -0.25) is 9.10 Å². The lowest BCUT2D eigenvalue weighted by Gasteiger charge is -2.29. The largest absolute Gasteiger partial charge is 0.378 e. The van der Waals surface area contributed by atoms with Gasteiger partial charge in [-0.15, -0.1) is 0 Å². The summed E-state index contributed by atoms with van der Waals surface area (Å²) in [5.41, 5.74) is 3.97. The van der Waals surface area contributed by atoms with Gasteiger partial charge in [0, 0.05) is 24.5 Å². The highest BCUT2D eigenvalue weighted by molar-refractivity contribution is 7.92. The van der Waals surface area contributed by atoms with Gasteiger partial charge in [-0.1, -0.05) is 24.3 Å². The van der Waals surface area contributed by atoms with E-state index in [-0.39, 0.29) is 11.4 Å². The average Bonchev–Trinajstić information content (AvgIpc) is 2.83. The van der Waals surface area contributed by atoms with Crippen LogP contribution in [-0.2, 0) is 19.6 Å². The molecule has 3 aromatic carbocycles. The molecule has 7 nitrogen and oxygen atoms in total. The minimum atomic E-state index is -3.94. The molecule has 8 heteroatoms. The van der Waals surface area contributed by atoms with E-state index in [4.69, 9.17) is 4.74 Å². The van der Waals surface area contributed by atoms with Gasteiger partial charge in [0.15, 0.2) is 0 Å². The summed E-state index contributed by atoms with van der Waals surface area (Å²) >= 11 is 0. The fourth-order valence-corrected chi connectivity index (χ4v) is 5.46. The number of carbonyl (C=O) groups excluding carboxylic acids is 1. The zero-order valence-corrected chi connectivity index (χ0v) is 20.2. The molecule has 0 atom stereocenters. The number of hydrogen-bond donors (Lipinski definition) is 1. The predicted molar refractivity (Wildman–Crippen MR) is 135 cm³/mol. The topological polar surface area (TPSA) is 79.0 Å². The molecule has 1 heterocycles. The number of amides is 1. The normalized spacial score (nSPS) is 14.0. The van der Waals surface area contributed by atoms with Crippen molar-refractivity contribution < 1.29 is 17.9 Å². The number of aryl methyl sites for hydroxylation is 2. The number of nitrogens with one attached hydrogen (secondary N) is 1. The van der Waals surface area contributed by atoms with Crippen molar-refractivity contribution in [3.8, 4) is 0 Å². The highest BCUT2D eigenvalue weighted by atomic mass is 32.2. The van der Waals surface area contributed by atoms with Gasteiger partial charge < -0.3 is 15.0 Å². The number of rotatable bonds is 7. The van der Waals surface area contributed by atoms with Crippen molar-refractivity contribution in [2.45, 2.75) is 18.7 Å². The number of morpholine rings is 1. The summed E-state index contributed by atoms with van der Waals surface area (Å²) in [6.07, 6.45) is 0. The standard InChI is InChI=1S/C26H29N3O4S/c1-20-16-21(2)18-24(17-20)29(34(31,32)25-6-4-3-5-7-25)19-26(30)27-22-8-10-23(11-9-22)28-12-14-33-15-13-28/h3-11,16-18H,12-15,19H2,1-2H3,(H,27,30). The van der Waals surface area contributed by atoms with Gasteiger partial charge in [0.2, 0.25) is 5.91 Å². The number of benzene rings is 3. The van der Waals surface area contributed by atoms with Crippen LogP contribution in [0.15, 0.2) is 77.7 Å². The Morgan fingerprint density at radius 2 is 1.56 bits per heavy atom. The Bertz CT molecular complexity index is 1220. The second kappa shape index (κ2) is 10.3. The van der Waals surface area contributed by atoms with E-state index in [1.54, 1.807) is 30.3 Å². The van der Waals surface area contributed by atoms with E-state index in [0.29, 0.717) is 24.6 Å². The van der Waals surface area contributed by atoms with Crippen LogP contribution < -0.4 is 14.5 Å².